The number of aromatic carboxylic acids is 1. The van der Waals surface area contributed by atoms with Crippen LogP contribution in [0.15, 0.2) is 29.6 Å². The number of ketones is 1. The number of Topliss-reactive ketones (excluding diaryl/α,β-unsaturated/α-hetero) is 1. The van der Waals surface area contributed by atoms with Crippen molar-refractivity contribution in [1.29, 1.82) is 0 Å². The molecule has 19 heavy (non-hydrogen) atoms. The molecular weight excluding hydrogens is 264 g/mol. The number of thiophene rings is 1. The van der Waals surface area contributed by atoms with Gasteiger partial charge >= 0.3 is 5.97 Å². The normalized spacial score (nSPS) is 10.4. The number of hydrogen-bond acceptors (Lipinski definition) is 4. The molecule has 5 heteroatoms. The fourth-order valence-corrected chi connectivity index (χ4v) is 2.70. The molecule has 0 aliphatic rings. The highest BCUT2D eigenvalue weighted by molar-refractivity contribution is 7.12. The third-order valence-electron chi connectivity index (χ3n) is 2.77. The van der Waals surface area contributed by atoms with E-state index >= 15 is 0 Å². The van der Waals surface area contributed by atoms with Crippen LogP contribution in [-0.4, -0.2) is 22.0 Å². The van der Waals surface area contributed by atoms with Crippen LogP contribution >= 0.6 is 11.3 Å². The predicted octanol–water partition coefficient (Wildman–Crippen LogP) is 2.81. The van der Waals surface area contributed by atoms with E-state index in [1.807, 2.05) is 0 Å². The Labute approximate surface area is 114 Å². The number of carboxylic acid groups (broad SMARTS) is 1. The Morgan fingerprint density at radius 3 is 2.53 bits per heavy atom. The van der Waals surface area contributed by atoms with E-state index in [-0.39, 0.29) is 18.0 Å². The van der Waals surface area contributed by atoms with Crippen LogP contribution in [0.3, 0.4) is 0 Å². The number of carbonyl (C=O) groups excluding carboxylic acids is 1. The van der Waals surface area contributed by atoms with Crippen LogP contribution in [0.25, 0.3) is 11.1 Å². The third kappa shape index (κ3) is 2.57. The summed E-state index contributed by atoms with van der Waals surface area (Å²) >= 11 is 1.28. The average Bonchev–Trinajstić information content (AvgIpc) is 2.87. The Morgan fingerprint density at radius 1 is 1.21 bits per heavy atom. The lowest BCUT2D eigenvalue weighted by Crippen LogP contribution is -2.02. The van der Waals surface area contributed by atoms with Gasteiger partial charge in [0, 0.05) is 5.56 Å². The van der Waals surface area contributed by atoms with Crippen LogP contribution in [0.4, 0.5) is 0 Å². The summed E-state index contributed by atoms with van der Waals surface area (Å²) in [5, 5.41) is 20.1. The van der Waals surface area contributed by atoms with E-state index in [1.165, 1.54) is 24.3 Å². The molecule has 98 valence electrons. The second-order valence-corrected chi connectivity index (χ2v) is 4.98. The first kappa shape index (κ1) is 13.5. The van der Waals surface area contributed by atoms with Gasteiger partial charge in [-0.1, -0.05) is 6.07 Å². The number of carbonyl (C=O) groups is 2. The van der Waals surface area contributed by atoms with Crippen LogP contribution in [0, 0.1) is 0 Å². The van der Waals surface area contributed by atoms with Crippen LogP contribution in [0.2, 0.25) is 0 Å². The first-order chi connectivity index (χ1) is 9.04. The summed E-state index contributed by atoms with van der Waals surface area (Å²) in [6.45, 7) is 1.28. The number of benzene rings is 1. The molecule has 0 aliphatic heterocycles. The minimum Gasteiger partial charge on any atom is -0.478 e. The number of aliphatic hydroxyl groups excluding tert-OH is 1. The first-order valence-corrected chi connectivity index (χ1v) is 6.48. The van der Waals surface area contributed by atoms with Gasteiger partial charge in [-0.2, -0.15) is 0 Å². The lowest BCUT2D eigenvalue weighted by atomic mass is 9.97. The van der Waals surface area contributed by atoms with Gasteiger partial charge in [0.15, 0.2) is 5.78 Å². The number of hydrogen-bond donors (Lipinski definition) is 2. The second-order valence-electron chi connectivity index (χ2n) is 4.06. The summed E-state index contributed by atoms with van der Waals surface area (Å²) < 4.78 is 0. The molecule has 2 aromatic rings. The summed E-state index contributed by atoms with van der Waals surface area (Å²) in [4.78, 5) is 23.3. The fourth-order valence-electron chi connectivity index (χ4n) is 1.89. The molecular formula is C14H12O4S. The molecule has 0 aliphatic carbocycles. The number of carboxylic acids is 1. The van der Waals surface area contributed by atoms with Crippen molar-refractivity contribution in [2.75, 3.05) is 0 Å². The van der Waals surface area contributed by atoms with Gasteiger partial charge in [-0.05, 0) is 41.6 Å². The highest BCUT2D eigenvalue weighted by Crippen LogP contribution is 2.32. The van der Waals surface area contributed by atoms with Crippen molar-refractivity contribution in [2.24, 2.45) is 0 Å². The van der Waals surface area contributed by atoms with Gasteiger partial charge in [0.05, 0.1) is 17.0 Å². The molecule has 0 radical (unpaired) electrons. The Morgan fingerprint density at radius 2 is 1.95 bits per heavy atom. The molecule has 1 aromatic heterocycles. The smallest absolute Gasteiger partial charge is 0.336 e. The van der Waals surface area contributed by atoms with E-state index in [9.17, 15) is 14.7 Å². The Balaban J connectivity index is 2.68. The van der Waals surface area contributed by atoms with Gasteiger partial charge in [0.1, 0.15) is 0 Å². The molecule has 0 fully saturated rings. The van der Waals surface area contributed by atoms with Crippen molar-refractivity contribution in [3.05, 3.63) is 45.6 Å². The SMILES string of the molecule is CC(=O)c1sccc1-c1cc(CO)ccc1C(=O)O. The van der Waals surface area contributed by atoms with Crippen LogP contribution < -0.4 is 0 Å². The summed E-state index contributed by atoms with van der Waals surface area (Å²) in [7, 11) is 0. The van der Waals surface area contributed by atoms with E-state index in [2.05, 4.69) is 0 Å². The van der Waals surface area contributed by atoms with Gasteiger partial charge in [0.25, 0.3) is 0 Å². The van der Waals surface area contributed by atoms with Crippen molar-refractivity contribution in [2.45, 2.75) is 13.5 Å². The van der Waals surface area contributed by atoms with E-state index < -0.39 is 5.97 Å². The van der Waals surface area contributed by atoms with E-state index in [0.29, 0.717) is 21.6 Å². The van der Waals surface area contributed by atoms with E-state index in [4.69, 9.17) is 5.11 Å². The molecule has 4 nitrogen and oxygen atoms in total. The van der Waals surface area contributed by atoms with Crippen LogP contribution in [0.1, 0.15) is 32.5 Å². The predicted molar refractivity (Wildman–Crippen MR) is 72.6 cm³/mol. The third-order valence-corrected chi connectivity index (χ3v) is 3.79. The first-order valence-electron chi connectivity index (χ1n) is 5.60. The lowest BCUT2D eigenvalue weighted by Gasteiger charge is -2.08. The summed E-state index contributed by atoms with van der Waals surface area (Å²) in [6.07, 6.45) is 0. The zero-order chi connectivity index (χ0) is 14.0. The highest BCUT2D eigenvalue weighted by atomic mass is 32.1. The molecule has 0 saturated carbocycles. The minimum atomic E-state index is -1.06. The van der Waals surface area contributed by atoms with Gasteiger partial charge in [-0.3, -0.25) is 4.79 Å². The van der Waals surface area contributed by atoms with Gasteiger partial charge in [-0.15, -0.1) is 11.3 Å². The second kappa shape index (κ2) is 5.34. The highest BCUT2D eigenvalue weighted by Gasteiger charge is 2.17. The maximum Gasteiger partial charge on any atom is 0.336 e. The van der Waals surface area contributed by atoms with Crippen LogP contribution in [-0.2, 0) is 6.61 Å². The molecule has 0 saturated heterocycles. The summed E-state index contributed by atoms with van der Waals surface area (Å²) in [5.74, 6) is -1.16. The minimum absolute atomic E-state index is 0.101. The number of aliphatic hydroxyl groups is 1. The zero-order valence-corrected chi connectivity index (χ0v) is 11.0. The molecule has 0 spiro atoms. The van der Waals surface area contributed by atoms with Crippen LogP contribution in [0.5, 0.6) is 0 Å². The van der Waals surface area contributed by atoms with Crippen molar-refractivity contribution in [3.63, 3.8) is 0 Å². The van der Waals surface area contributed by atoms with E-state index in [1.54, 1.807) is 23.6 Å². The molecule has 1 aromatic carbocycles. The van der Waals surface area contributed by atoms with Gasteiger partial charge < -0.3 is 10.2 Å². The summed E-state index contributed by atoms with van der Waals surface area (Å²) in [5.41, 5.74) is 1.80. The quantitative estimate of drug-likeness (QED) is 0.842. The lowest BCUT2D eigenvalue weighted by molar-refractivity contribution is 0.0697. The van der Waals surface area contributed by atoms with Crippen molar-refractivity contribution in [1.82, 2.24) is 0 Å². The Bertz CT molecular complexity index is 643. The standard InChI is InChI=1S/C14H12O4S/c1-8(16)13-10(4-5-19-13)12-6-9(7-15)2-3-11(12)14(17)18/h2-6,15H,7H2,1H3,(H,17,18). The summed E-state index contributed by atoms with van der Waals surface area (Å²) in [6, 6.07) is 6.35. The van der Waals surface area contributed by atoms with Crippen molar-refractivity contribution >= 4 is 23.1 Å². The Hall–Kier alpha value is -1.98. The van der Waals surface area contributed by atoms with Gasteiger partial charge in [0.2, 0.25) is 0 Å². The molecule has 0 bridgehead atoms. The molecule has 1 heterocycles. The maximum atomic E-state index is 11.5. The van der Waals surface area contributed by atoms with Crippen molar-refractivity contribution in [3.8, 4) is 11.1 Å². The molecule has 2 N–H and O–H groups in total. The Kier molecular flexibility index (Phi) is 3.78. The fraction of sp³-hybridized carbons (Fsp3) is 0.143. The van der Waals surface area contributed by atoms with Crippen molar-refractivity contribution < 1.29 is 19.8 Å². The largest absolute Gasteiger partial charge is 0.478 e. The average molecular weight is 276 g/mol. The molecule has 0 unspecified atom stereocenters. The number of rotatable bonds is 4. The maximum absolute atomic E-state index is 11.5. The monoisotopic (exact) mass is 276 g/mol. The topological polar surface area (TPSA) is 74.6 Å². The molecule has 0 atom stereocenters. The van der Waals surface area contributed by atoms with Gasteiger partial charge in [-0.25, -0.2) is 4.79 Å². The molecule has 0 amide bonds. The zero-order valence-electron chi connectivity index (χ0n) is 10.2. The molecule has 2 rings (SSSR count). The van der Waals surface area contributed by atoms with E-state index in [0.717, 1.165) is 0 Å².